The van der Waals surface area contributed by atoms with E-state index in [0.29, 0.717) is 11.3 Å². The van der Waals surface area contributed by atoms with Crippen molar-refractivity contribution >= 4 is 23.4 Å². The maximum atomic E-state index is 11.9. The van der Waals surface area contributed by atoms with Crippen molar-refractivity contribution in [2.45, 2.75) is 18.9 Å². The van der Waals surface area contributed by atoms with Crippen molar-refractivity contribution in [1.29, 1.82) is 0 Å². The van der Waals surface area contributed by atoms with Crippen molar-refractivity contribution in [3.05, 3.63) is 57.8 Å². The van der Waals surface area contributed by atoms with E-state index in [-0.39, 0.29) is 17.7 Å². The molecule has 0 unspecified atom stereocenters. The summed E-state index contributed by atoms with van der Waals surface area (Å²) in [6.07, 6.45) is 2.02. The van der Waals surface area contributed by atoms with Crippen LogP contribution in [-0.2, 0) is 0 Å². The highest BCUT2D eigenvalue weighted by atomic mass is 16.6. The first-order valence-corrected chi connectivity index (χ1v) is 6.99. The summed E-state index contributed by atoms with van der Waals surface area (Å²) in [5.41, 5.74) is 0.959. The highest BCUT2D eigenvalue weighted by molar-refractivity contribution is 6.02. The molecule has 8 nitrogen and oxygen atoms in total. The first-order chi connectivity index (χ1) is 11.0. The molecule has 118 valence electrons. The molecule has 0 saturated heterocycles. The summed E-state index contributed by atoms with van der Waals surface area (Å²) in [4.78, 5) is 33.6. The fourth-order valence-corrected chi connectivity index (χ4v) is 1.94. The van der Waals surface area contributed by atoms with E-state index in [1.807, 2.05) is 0 Å². The van der Waals surface area contributed by atoms with E-state index in [1.54, 1.807) is 24.3 Å². The molecule has 1 saturated carbocycles. The molecule has 0 spiro atoms. The topological polar surface area (TPSA) is 114 Å². The molecule has 1 aromatic heterocycles. The number of furan rings is 1. The van der Waals surface area contributed by atoms with Crippen LogP contribution in [0.1, 0.15) is 33.8 Å². The number of hydrogen-bond acceptors (Lipinski definition) is 5. The van der Waals surface area contributed by atoms with Gasteiger partial charge in [-0.2, -0.15) is 0 Å². The lowest BCUT2D eigenvalue weighted by Gasteiger charge is -2.06. The molecule has 2 N–H and O–H groups in total. The van der Waals surface area contributed by atoms with Gasteiger partial charge in [0.2, 0.25) is 0 Å². The highest BCUT2D eigenvalue weighted by Crippen LogP contribution is 2.20. The minimum atomic E-state index is -0.718. The second kappa shape index (κ2) is 5.91. The van der Waals surface area contributed by atoms with Gasteiger partial charge in [0.1, 0.15) is 4.92 Å². The lowest BCUT2D eigenvalue weighted by Crippen LogP contribution is -2.25. The van der Waals surface area contributed by atoms with Gasteiger partial charge in [0.05, 0.1) is 6.07 Å². The van der Waals surface area contributed by atoms with Crippen LogP contribution in [0.3, 0.4) is 0 Å². The maximum Gasteiger partial charge on any atom is 0.433 e. The molecule has 0 aliphatic heterocycles. The number of nitro groups is 1. The smallest absolute Gasteiger partial charge is 0.395 e. The molecule has 0 bridgehead atoms. The van der Waals surface area contributed by atoms with Crippen molar-refractivity contribution in [1.82, 2.24) is 5.32 Å². The molecule has 8 heteroatoms. The number of anilines is 1. The molecule has 2 amide bonds. The molecular weight excluding hydrogens is 302 g/mol. The Balaban J connectivity index is 1.63. The van der Waals surface area contributed by atoms with Crippen LogP contribution in [0.2, 0.25) is 0 Å². The molecular formula is C15H13N3O5. The predicted molar refractivity (Wildman–Crippen MR) is 80.2 cm³/mol. The van der Waals surface area contributed by atoms with Crippen LogP contribution in [-0.4, -0.2) is 22.8 Å². The van der Waals surface area contributed by atoms with Crippen molar-refractivity contribution in [3.8, 4) is 0 Å². The average Bonchev–Trinajstić information content (AvgIpc) is 3.19. The molecule has 1 fully saturated rings. The number of amides is 2. The Hall–Kier alpha value is -3.16. The predicted octanol–water partition coefficient (Wildman–Crippen LogP) is 2.33. The second-order valence-corrected chi connectivity index (χ2v) is 5.17. The van der Waals surface area contributed by atoms with Crippen molar-refractivity contribution in [2.24, 2.45) is 0 Å². The van der Waals surface area contributed by atoms with Crippen molar-refractivity contribution < 1.29 is 18.9 Å². The standard InChI is InChI=1S/C15H13N3O5/c19-14(16-11-5-6-11)9-1-3-10(4-2-9)17-15(20)12-7-8-13(23-12)18(21)22/h1-4,7-8,11H,5-6H2,(H,16,19)(H,17,20). The molecule has 1 aliphatic carbocycles. The number of carbonyl (C=O) groups is 2. The molecule has 1 heterocycles. The summed E-state index contributed by atoms with van der Waals surface area (Å²) in [6.45, 7) is 0. The minimum Gasteiger partial charge on any atom is -0.395 e. The number of nitrogens with zero attached hydrogens (tertiary/aromatic N) is 1. The molecule has 0 atom stereocenters. The van der Waals surface area contributed by atoms with E-state index in [2.05, 4.69) is 10.6 Å². The third-order valence-corrected chi connectivity index (χ3v) is 3.31. The van der Waals surface area contributed by atoms with E-state index in [4.69, 9.17) is 4.42 Å². The number of carbonyl (C=O) groups excluding carboxylic acids is 2. The van der Waals surface area contributed by atoms with Gasteiger partial charge in [-0.25, -0.2) is 0 Å². The van der Waals surface area contributed by atoms with E-state index in [9.17, 15) is 19.7 Å². The van der Waals surface area contributed by atoms with Gasteiger partial charge in [0, 0.05) is 17.3 Å². The van der Waals surface area contributed by atoms with Crippen LogP contribution in [0.4, 0.5) is 11.6 Å². The van der Waals surface area contributed by atoms with Crippen LogP contribution in [0.15, 0.2) is 40.8 Å². The Labute approximate surface area is 130 Å². The lowest BCUT2D eigenvalue weighted by molar-refractivity contribution is -0.402. The fourth-order valence-electron chi connectivity index (χ4n) is 1.94. The first-order valence-electron chi connectivity index (χ1n) is 6.99. The van der Waals surface area contributed by atoms with Gasteiger partial charge in [0.15, 0.2) is 5.76 Å². The summed E-state index contributed by atoms with van der Waals surface area (Å²) in [7, 11) is 0. The van der Waals surface area contributed by atoms with Gasteiger partial charge < -0.3 is 15.1 Å². The van der Waals surface area contributed by atoms with Crippen molar-refractivity contribution in [3.63, 3.8) is 0 Å². The van der Waals surface area contributed by atoms with Crippen LogP contribution in [0.5, 0.6) is 0 Å². The summed E-state index contributed by atoms with van der Waals surface area (Å²) < 4.78 is 4.82. The van der Waals surface area contributed by atoms with Crippen LogP contribution in [0.25, 0.3) is 0 Å². The van der Waals surface area contributed by atoms with Gasteiger partial charge in [-0.15, -0.1) is 0 Å². The van der Waals surface area contributed by atoms with Gasteiger partial charge in [0.25, 0.3) is 11.8 Å². The Kier molecular flexibility index (Phi) is 3.80. The molecule has 0 radical (unpaired) electrons. The van der Waals surface area contributed by atoms with E-state index in [1.165, 1.54) is 6.07 Å². The van der Waals surface area contributed by atoms with Gasteiger partial charge >= 0.3 is 5.88 Å². The zero-order chi connectivity index (χ0) is 16.4. The number of rotatable bonds is 5. The summed E-state index contributed by atoms with van der Waals surface area (Å²) in [6, 6.07) is 8.96. The zero-order valence-electron chi connectivity index (χ0n) is 11.9. The molecule has 1 aromatic carbocycles. The quantitative estimate of drug-likeness (QED) is 0.649. The van der Waals surface area contributed by atoms with Gasteiger partial charge in [-0.3, -0.25) is 19.7 Å². The Bertz CT molecular complexity index is 762. The molecule has 23 heavy (non-hydrogen) atoms. The number of hydrogen-bond donors (Lipinski definition) is 2. The summed E-state index contributed by atoms with van der Waals surface area (Å²) >= 11 is 0. The third-order valence-electron chi connectivity index (χ3n) is 3.31. The highest BCUT2D eigenvalue weighted by Gasteiger charge is 2.23. The molecule has 3 rings (SSSR count). The lowest BCUT2D eigenvalue weighted by atomic mass is 10.2. The SMILES string of the molecule is O=C(NC1CC1)c1ccc(NC(=O)c2ccc([N+](=O)[O-])o2)cc1. The van der Waals surface area contributed by atoms with Crippen LogP contribution < -0.4 is 10.6 Å². The van der Waals surface area contributed by atoms with Gasteiger partial charge in [-0.05, 0) is 43.2 Å². The van der Waals surface area contributed by atoms with E-state index < -0.39 is 16.7 Å². The Morgan fingerprint density at radius 2 is 1.78 bits per heavy atom. The summed E-state index contributed by atoms with van der Waals surface area (Å²) in [5.74, 6) is -1.41. The second-order valence-electron chi connectivity index (χ2n) is 5.17. The third kappa shape index (κ3) is 3.54. The maximum absolute atomic E-state index is 11.9. The van der Waals surface area contributed by atoms with Crippen molar-refractivity contribution in [2.75, 3.05) is 5.32 Å². The number of nitrogens with one attached hydrogen (secondary N) is 2. The number of benzene rings is 1. The molecule has 2 aromatic rings. The molecule has 1 aliphatic rings. The normalized spacial score (nSPS) is 13.4. The largest absolute Gasteiger partial charge is 0.433 e. The van der Waals surface area contributed by atoms with Crippen LogP contribution in [0, 0.1) is 10.1 Å². The average molecular weight is 315 g/mol. The minimum absolute atomic E-state index is 0.146. The first kappa shape index (κ1) is 14.8. The monoisotopic (exact) mass is 315 g/mol. The zero-order valence-corrected chi connectivity index (χ0v) is 11.9. The van der Waals surface area contributed by atoms with E-state index >= 15 is 0 Å². The Morgan fingerprint density at radius 3 is 2.35 bits per heavy atom. The van der Waals surface area contributed by atoms with Crippen LogP contribution >= 0.6 is 0 Å². The summed E-state index contributed by atoms with van der Waals surface area (Å²) in [5, 5.41) is 15.9. The van der Waals surface area contributed by atoms with E-state index in [0.717, 1.165) is 18.9 Å². The Morgan fingerprint density at radius 1 is 1.09 bits per heavy atom. The fraction of sp³-hybridized carbons (Fsp3) is 0.200. The van der Waals surface area contributed by atoms with Gasteiger partial charge in [-0.1, -0.05) is 0 Å².